The van der Waals surface area contributed by atoms with Crippen LogP contribution in [-0.2, 0) is 5.41 Å². The van der Waals surface area contributed by atoms with Crippen molar-refractivity contribution in [2.75, 3.05) is 13.1 Å². The molecule has 5 heteroatoms. The highest BCUT2D eigenvalue weighted by Gasteiger charge is 2.35. The van der Waals surface area contributed by atoms with Gasteiger partial charge in [0.05, 0.1) is 5.52 Å². The summed E-state index contributed by atoms with van der Waals surface area (Å²) in [6.07, 6.45) is 2.26. The smallest absolute Gasteiger partial charge is 0.186 e. The third-order valence-corrected chi connectivity index (χ3v) is 4.47. The molecule has 1 aliphatic heterocycles. The average molecular weight is 279 g/mol. The normalized spacial score (nSPS) is 20.5. The number of H-pyrrole nitrogens is 1. The second kappa shape index (κ2) is 4.81. The van der Waals surface area contributed by atoms with Gasteiger partial charge in [0.2, 0.25) is 0 Å². The molecule has 0 spiro atoms. The van der Waals surface area contributed by atoms with E-state index < -0.39 is 11.6 Å². The van der Waals surface area contributed by atoms with Crippen LogP contribution in [0.3, 0.4) is 0 Å². The Balaban J connectivity index is 2.02. The molecule has 1 atom stereocenters. The van der Waals surface area contributed by atoms with Crippen LogP contribution in [0.2, 0.25) is 0 Å². The lowest BCUT2D eigenvalue weighted by molar-refractivity contribution is 0.243. The van der Waals surface area contributed by atoms with E-state index in [-0.39, 0.29) is 10.9 Å². The minimum atomic E-state index is -0.873. The molecule has 3 nitrogen and oxygen atoms in total. The van der Waals surface area contributed by atoms with Gasteiger partial charge in [0.25, 0.3) is 0 Å². The maximum Gasteiger partial charge on any atom is 0.186 e. The molecule has 0 saturated carbocycles. The monoisotopic (exact) mass is 279 g/mol. The molecule has 1 unspecified atom stereocenters. The zero-order chi connectivity index (χ0) is 14.3. The number of hydrogen-bond donors (Lipinski definition) is 2. The molecule has 1 aliphatic rings. The van der Waals surface area contributed by atoms with Crippen LogP contribution >= 0.6 is 0 Å². The number of hydrogen-bond acceptors (Lipinski definition) is 2. The minimum absolute atomic E-state index is 0.0943. The third kappa shape index (κ3) is 2.10. The maximum absolute atomic E-state index is 13.8. The Morgan fingerprint density at radius 2 is 2.10 bits per heavy atom. The maximum atomic E-state index is 13.8. The molecule has 0 amide bonds. The standard InChI is InChI=1S/C15H19F2N3/c1-15(2,9-4-3-7-18-8-9)14-19-11-6-5-10(16)12(17)13(11)20-14/h5-6,9,18H,3-4,7-8H2,1-2H3,(H,19,20). The van der Waals surface area contributed by atoms with E-state index in [1.807, 2.05) is 0 Å². The summed E-state index contributed by atoms with van der Waals surface area (Å²) in [5.41, 5.74) is 0.447. The van der Waals surface area contributed by atoms with E-state index in [0.29, 0.717) is 11.4 Å². The van der Waals surface area contributed by atoms with Crippen molar-refractivity contribution in [2.45, 2.75) is 32.1 Å². The quantitative estimate of drug-likeness (QED) is 0.886. The Kier molecular flexibility index (Phi) is 3.24. The molecule has 1 aromatic heterocycles. The van der Waals surface area contributed by atoms with Gasteiger partial charge >= 0.3 is 0 Å². The van der Waals surface area contributed by atoms with Gasteiger partial charge in [0.15, 0.2) is 11.6 Å². The van der Waals surface area contributed by atoms with Crippen LogP contribution in [0.15, 0.2) is 12.1 Å². The van der Waals surface area contributed by atoms with Crippen molar-refractivity contribution >= 4 is 11.0 Å². The fraction of sp³-hybridized carbons (Fsp3) is 0.533. The van der Waals surface area contributed by atoms with E-state index in [9.17, 15) is 8.78 Å². The molecule has 3 rings (SSSR count). The lowest BCUT2D eigenvalue weighted by Gasteiger charge is -2.35. The van der Waals surface area contributed by atoms with Crippen LogP contribution in [0.1, 0.15) is 32.5 Å². The van der Waals surface area contributed by atoms with Crippen molar-refractivity contribution in [3.8, 4) is 0 Å². The van der Waals surface area contributed by atoms with Gasteiger partial charge in [-0.15, -0.1) is 0 Å². The van der Waals surface area contributed by atoms with Crippen molar-refractivity contribution in [2.24, 2.45) is 5.92 Å². The van der Waals surface area contributed by atoms with Crippen molar-refractivity contribution in [3.63, 3.8) is 0 Å². The Bertz CT molecular complexity index is 627. The Hall–Kier alpha value is -1.49. The summed E-state index contributed by atoms with van der Waals surface area (Å²) in [5, 5.41) is 3.39. The highest BCUT2D eigenvalue weighted by atomic mass is 19.2. The fourth-order valence-corrected chi connectivity index (χ4v) is 2.98. The van der Waals surface area contributed by atoms with Crippen LogP contribution in [0.4, 0.5) is 8.78 Å². The zero-order valence-corrected chi connectivity index (χ0v) is 11.8. The predicted octanol–water partition coefficient (Wildman–Crippen LogP) is 3.12. The first-order valence-corrected chi connectivity index (χ1v) is 7.05. The zero-order valence-electron chi connectivity index (χ0n) is 11.8. The van der Waals surface area contributed by atoms with Gasteiger partial charge in [-0.3, -0.25) is 0 Å². The highest BCUT2D eigenvalue weighted by Crippen LogP contribution is 2.35. The molecule has 1 aromatic carbocycles. The van der Waals surface area contributed by atoms with E-state index >= 15 is 0 Å². The molecule has 0 aliphatic carbocycles. The molecule has 20 heavy (non-hydrogen) atoms. The Labute approximate surface area is 116 Å². The van der Waals surface area contributed by atoms with Crippen LogP contribution in [0.25, 0.3) is 11.0 Å². The Morgan fingerprint density at radius 3 is 2.80 bits per heavy atom. The van der Waals surface area contributed by atoms with Gasteiger partial charge in [-0.1, -0.05) is 13.8 Å². The van der Waals surface area contributed by atoms with Crippen molar-refractivity contribution in [3.05, 3.63) is 29.6 Å². The summed E-state index contributed by atoms with van der Waals surface area (Å²) in [7, 11) is 0. The van der Waals surface area contributed by atoms with Gasteiger partial charge in [0, 0.05) is 5.41 Å². The van der Waals surface area contributed by atoms with Crippen LogP contribution in [-0.4, -0.2) is 23.1 Å². The number of rotatable bonds is 2. The van der Waals surface area contributed by atoms with Gasteiger partial charge in [0.1, 0.15) is 11.3 Å². The summed E-state index contributed by atoms with van der Waals surface area (Å²) in [5.74, 6) is -0.564. The second-order valence-corrected chi connectivity index (χ2v) is 6.11. The molecule has 0 bridgehead atoms. The third-order valence-electron chi connectivity index (χ3n) is 4.47. The first kappa shape index (κ1) is 13.5. The second-order valence-electron chi connectivity index (χ2n) is 6.11. The number of halogens is 2. The van der Waals surface area contributed by atoms with Crippen molar-refractivity contribution < 1.29 is 8.78 Å². The lowest BCUT2D eigenvalue weighted by Crippen LogP contribution is -2.41. The number of benzene rings is 1. The molecule has 2 aromatic rings. The average Bonchev–Trinajstić information content (AvgIpc) is 2.90. The summed E-state index contributed by atoms with van der Waals surface area (Å²) < 4.78 is 27.0. The summed E-state index contributed by atoms with van der Waals surface area (Å²) in [6, 6.07) is 2.67. The highest BCUT2D eigenvalue weighted by molar-refractivity contribution is 5.76. The first-order valence-electron chi connectivity index (χ1n) is 7.05. The topological polar surface area (TPSA) is 40.7 Å². The number of nitrogens with one attached hydrogen (secondary N) is 2. The molecule has 2 N–H and O–H groups in total. The fourth-order valence-electron chi connectivity index (χ4n) is 2.98. The van der Waals surface area contributed by atoms with Crippen LogP contribution in [0.5, 0.6) is 0 Å². The van der Waals surface area contributed by atoms with Crippen molar-refractivity contribution in [1.82, 2.24) is 15.3 Å². The van der Waals surface area contributed by atoms with E-state index in [0.717, 1.165) is 37.8 Å². The summed E-state index contributed by atoms with van der Waals surface area (Å²) >= 11 is 0. The molecule has 2 heterocycles. The van der Waals surface area contributed by atoms with Gasteiger partial charge < -0.3 is 10.3 Å². The number of nitrogens with zero attached hydrogens (tertiary/aromatic N) is 1. The minimum Gasteiger partial charge on any atom is -0.341 e. The molecular weight excluding hydrogens is 260 g/mol. The molecule has 1 fully saturated rings. The van der Waals surface area contributed by atoms with E-state index in [1.165, 1.54) is 0 Å². The summed E-state index contributed by atoms with van der Waals surface area (Å²) in [6.45, 7) is 6.20. The number of aromatic amines is 1. The van der Waals surface area contributed by atoms with Gasteiger partial charge in [-0.25, -0.2) is 13.8 Å². The number of fused-ring (bicyclic) bond motifs is 1. The Morgan fingerprint density at radius 1 is 1.30 bits per heavy atom. The van der Waals surface area contributed by atoms with E-state index in [2.05, 4.69) is 29.1 Å². The number of aromatic nitrogens is 2. The largest absolute Gasteiger partial charge is 0.341 e. The summed E-state index contributed by atoms with van der Waals surface area (Å²) in [4.78, 5) is 7.48. The van der Waals surface area contributed by atoms with E-state index in [4.69, 9.17) is 0 Å². The van der Waals surface area contributed by atoms with Gasteiger partial charge in [-0.05, 0) is 44.0 Å². The molecular formula is C15H19F2N3. The SMILES string of the molecule is CC(C)(c1nc2c(F)c(F)ccc2[nH]1)C1CCCNC1. The van der Waals surface area contributed by atoms with E-state index in [1.54, 1.807) is 6.07 Å². The number of imidazole rings is 1. The molecule has 0 radical (unpaired) electrons. The van der Waals surface area contributed by atoms with Gasteiger partial charge in [-0.2, -0.15) is 0 Å². The number of piperidine rings is 1. The molecule has 1 saturated heterocycles. The van der Waals surface area contributed by atoms with Crippen molar-refractivity contribution in [1.29, 1.82) is 0 Å². The van der Waals surface area contributed by atoms with Crippen LogP contribution in [0, 0.1) is 17.6 Å². The first-order chi connectivity index (χ1) is 9.50. The molecule has 108 valence electrons. The lowest BCUT2D eigenvalue weighted by atomic mass is 9.74. The van der Waals surface area contributed by atoms with Crippen LogP contribution < -0.4 is 5.32 Å². The predicted molar refractivity (Wildman–Crippen MR) is 74.6 cm³/mol.